The predicted octanol–water partition coefficient (Wildman–Crippen LogP) is 8.23. The van der Waals surface area contributed by atoms with Crippen molar-refractivity contribution in [2.24, 2.45) is 5.92 Å². The summed E-state index contributed by atoms with van der Waals surface area (Å²) in [7, 11) is 0. The SMILES string of the molecule is CCCCOc1ccc(-c2ccc(CC[C@H]3CC[C@H](OC(=O)[C@@H](F)CCCC)CC3)cc2)cc1F. The average Bonchev–Trinajstić information content (AvgIpc) is 2.88. The Morgan fingerprint density at radius 2 is 1.66 bits per heavy atom. The van der Waals surface area contributed by atoms with E-state index >= 15 is 0 Å². The van der Waals surface area contributed by atoms with Crippen LogP contribution in [-0.2, 0) is 16.0 Å². The van der Waals surface area contributed by atoms with Gasteiger partial charge in [-0.05, 0) is 86.1 Å². The second-order valence-electron chi connectivity index (χ2n) is 9.77. The second kappa shape index (κ2) is 14.2. The molecule has 3 nitrogen and oxygen atoms in total. The molecule has 35 heavy (non-hydrogen) atoms. The van der Waals surface area contributed by atoms with Crippen molar-refractivity contribution in [3.8, 4) is 16.9 Å². The molecular weight excluding hydrogens is 446 g/mol. The molecule has 0 heterocycles. The Kier molecular flexibility index (Phi) is 11.0. The van der Waals surface area contributed by atoms with Crippen LogP contribution in [0.1, 0.15) is 83.6 Å². The summed E-state index contributed by atoms with van der Waals surface area (Å²) in [6, 6.07) is 13.5. The number of aryl methyl sites for hydroxylation is 1. The van der Waals surface area contributed by atoms with Crippen LogP contribution in [0.2, 0.25) is 0 Å². The molecule has 0 N–H and O–H groups in total. The summed E-state index contributed by atoms with van der Waals surface area (Å²) in [5, 5.41) is 0. The van der Waals surface area contributed by atoms with Gasteiger partial charge in [0.05, 0.1) is 6.61 Å². The van der Waals surface area contributed by atoms with Gasteiger partial charge in [-0.3, -0.25) is 0 Å². The van der Waals surface area contributed by atoms with E-state index in [2.05, 4.69) is 19.1 Å². The van der Waals surface area contributed by atoms with E-state index in [0.29, 0.717) is 24.7 Å². The molecule has 2 aromatic rings. The minimum Gasteiger partial charge on any atom is -0.491 e. The largest absolute Gasteiger partial charge is 0.491 e. The highest BCUT2D eigenvalue weighted by molar-refractivity contribution is 5.74. The van der Waals surface area contributed by atoms with Crippen LogP contribution in [0.5, 0.6) is 5.75 Å². The first-order valence-electron chi connectivity index (χ1n) is 13.4. The summed E-state index contributed by atoms with van der Waals surface area (Å²) in [4.78, 5) is 11.9. The number of carbonyl (C=O) groups excluding carboxylic acids is 1. The fourth-order valence-corrected chi connectivity index (χ4v) is 4.64. The molecular formula is C30H40F2O3. The van der Waals surface area contributed by atoms with Gasteiger partial charge in [-0.1, -0.05) is 63.4 Å². The van der Waals surface area contributed by atoms with E-state index in [0.717, 1.165) is 68.9 Å². The van der Waals surface area contributed by atoms with Crippen molar-refractivity contribution in [2.45, 2.75) is 96.8 Å². The molecule has 0 unspecified atom stereocenters. The molecule has 0 aliphatic heterocycles. The molecule has 1 aliphatic carbocycles. The lowest BCUT2D eigenvalue weighted by Crippen LogP contribution is -2.29. The highest BCUT2D eigenvalue weighted by Gasteiger charge is 2.27. The summed E-state index contributed by atoms with van der Waals surface area (Å²) < 4.78 is 39.2. The first-order chi connectivity index (χ1) is 17.0. The lowest BCUT2D eigenvalue weighted by Gasteiger charge is -2.28. The number of unbranched alkanes of at least 4 members (excludes halogenated alkanes) is 2. The van der Waals surface area contributed by atoms with Crippen LogP contribution in [0.15, 0.2) is 42.5 Å². The topological polar surface area (TPSA) is 35.5 Å². The zero-order valence-electron chi connectivity index (χ0n) is 21.2. The first kappa shape index (κ1) is 27.2. The van der Waals surface area contributed by atoms with Gasteiger partial charge in [-0.15, -0.1) is 0 Å². The number of halogens is 2. The van der Waals surface area contributed by atoms with Crippen LogP contribution < -0.4 is 4.74 Å². The number of hydrogen-bond acceptors (Lipinski definition) is 3. The number of ether oxygens (including phenoxy) is 2. The van der Waals surface area contributed by atoms with Crippen molar-refractivity contribution < 1.29 is 23.0 Å². The summed E-state index contributed by atoms with van der Waals surface area (Å²) in [5.41, 5.74) is 3.09. The third-order valence-corrected chi connectivity index (χ3v) is 6.96. The van der Waals surface area contributed by atoms with E-state index < -0.39 is 12.1 Å². The van der Waals surface area contributed by atoms with Crippen molar-refractivity contribution in [3.63, 3.8) is 0 Å². The average molecular weight is 487 g/mol. The van der Waals surface area contributed by atoms with Crippen molar-refractivity contribution in [1.82, 2.24) is 0 Å². The molecule has 1 atom stereocenters. The summed E-state index contributed by atoms with van der Waals surface area (Å²) in [6.45, 7) is 4.60. The molecule has 2 aromatic carbocycles. The van der Waals surface area contributed by atoms with Crippen LogP contribution >= 0.6 is 0 Å². The van der Waals surface area contributed by atoms with Crippen LogP contribution in [0.4, 0.5) is 8.78 Å². The molecule has 5 heteroatoms. The number of carbonyl (C=O) groups is 1. The van der Waals surface area contributed by atoms with Crippen LogP contribution in [0, 0.1) is 11.7 Å². The van der Waals surface area contributed by atoms with Crippen molar-refractivity contribution >= 4 is 5.97 Å². The Hall–Kier alpha value is -2.43. The third kappa shape index (κ3) is 8.63. The first-order valence-corrected chi connectivity index (χ1v) is 13.4. The molecule has 0 spiro atoms. The molecule has 0 amide bonds. The van der Waals surface area contributed by atoms with Gasteiger partial charge in [0.1, 0.15) is 6.10 Å². The van der Waals surface area contributed by atoms with Gasteiger partial charge in [0.2, 0.25) is 0 Å². The van der Waals surface area contributed by atoms with Crippen molar-refractivity contribution in [3.05, 3.63) is 53.8 Å². The lowest BCUT2D eigenvalue weighted by molar-refractivity contribution is -0.157. The third-order valence-electron chi connectivity index (χ3n) is 6.96. The minimum atomic E-state index is -1.48. The Labute approximate surface area is 209 Å². The van der Waals surface area contributed by atoms with Gasteiger partial charge in [0.25, 0.3) is 0 Å². The summed E-state index contributed by atoms with van der Waals surface area (Å²) in [5.74, 6) is -0.1000. The zero-order valence-corrected chi connectivity index (χ0v) is 21.2. The Balaban J connectivity index is 1.42. The summed E-state index contributed by atoms with van der Waals surface area (Å²) in [6.07, 6.45) is 7.88. The fourth-order valence-electron chi connectivity index (χ4n) is 4.64. The quantitative estimate of drug-likeness (QED) is 0.211. The van der Waals surface area contributed by atoms with Crippen LogP contribution in [-0.4, -0.2) is 24.9 Å². The number of hydrogen-bond donors (Lipinski definition) is 0. The van der Waals surface area contributed by atoms with Gasteiger partial charge in [-0.2, -0.15) is 0 Å². The van der Waals surface area contributed by atoms with Gasteiger partial charge < -0.3 is 9.47 Å². The maximum absolute atomic E-state index is 14.4. The smallest absolute Gasteiger partial charge is 0.340 e. The summed E-state index contributed by atoms with van der Waals surface area (Å²) >= 11 is 0. The van der Waals surface area contributed by atoms with E-state index in [1.807, 2.05) is 25.1 Å². The number of benzene rings is 2. The Morgan fingerprint density at radius 1 is 0.971 bits per heavy atom. The minimum absolute atomic E-state index is 0.137. The Bertz CT molecular complexity index is 904. The van der Waals surface area contributed by atoms with E-state index in [9.17, 15) is 13.6 Å². The highest BCUT2D eigenvalue weighted by Crippen LogP contribution is 2.31. The van der Waals surface area contributed by atoms with E-state index in [-0.39, 0.29) is 18.3 Å². The highest BCUT2D eigenvalue weighted by atomic mass is 19.1. The molecule has 1 saturated carbocycles. The number of esters is 1. The van der Waals surface area contributed by atoms with Gasteiger partial charge in [0, 0.05) is 0 Å². The molecule has 0 aromatic heterocycles. The lowest BCUT2D eigenvalue weighted by atomic mass is 9.83. The zero-order chi connectivity index (χ0) is 25.0. The molecule has 192 valence electrons. The predicted molar refractivity (Wildman–Crippen MR) is 137 cm³/mol. The molecule has 3 rings (SSSR count). The maximum atomic E-state index is 14.4. The molecule has 0 bridgehead atoms. The maximum Gasteiger partial charge on any atom is 0.340 e. The van der Waals surface area contributed by atoms with Crippen LogP contribution in [0.25, 0.3) is 11.1 Å². The van der Waals surface area contributed by atoms with E-state index in [4.69, 9.17) is 9.47 Å². The van der Waals surface area contributed by atoms with Gasteiger partial charge in [-0.25, -0.2) is 13.6 Å². The number of rotatable bonds is 13. The Morgan fingerprint density at radius 3 is 2.31 bits per heavy atom. The normalized spacial score (nSPS) is 18.7. The molecule has 0 radical (unpaired) electrons. The molecule has 1 aliphatic rings. The molecule has 1 fully saturated rings. The standard InChI is InChI=1S/C30H40F2O3/c1-3-5-7-27(31)30(33)35-26-17-12-23(13-18-26)9-8-22-10-14-24(15-11-22)25-16-19-29(28(32)21-25)34-20-6-4-2/h10-11,14-16,19,21,23,26-27H,3-9,12-13,17-18,20H2,1-2H3/t23-,26-,27-/m0/s1. The molecule has 0 saturated heterocycles. The van der Waals surface area contributed by atoms with Crippen molar-refractivity contribution in [2.75, 3.05) is 6.61 Å². The van der Waals surface area contributed by atoms with Crippen molar-refractivity contribution in [1.29, 1.82) is 0 Å². The fraction of sp³-hybridized carbons (Fsp3) is 0.567. The van der Waals surface area contributed by atoms with E-state index in [1.54, 1.807) is 6.07 Å². The number of alkyl halides is 1. The second-order valence-corrected chi connectivity index (χ2v) is 9.77. The van der Waals surface area contributed by atoms with Crippen LogP contribution in [0.3, 0.4) is 0 Å². The van der Waals surface area contributed by atoms with Gasteiger partial charge >= 0.3 is 5.97 Å². The van der Waals surface area contributed by atoms with Gasteiger partial charge in [0.15, 0.2) is 17.7 Å². The van der Waals surface area contributed by atoms with E-state index in [1.165, 1.54) is 11.6 Å². The monoisotopic (exact) mass is 486 g/mol.